The number of nitrogens with zero attached hydrogens (tertiary/aromatic N) is 2. The molecule has 0 saturated carbocycles. The van der Waals surface area contributed by atoms with Crippen molar-refractivity contribution >= 4 is 32.6 Å². The molecule has 2 heterocycles. The van der Waals surface area contributed by atoms with Crippen molar-refractivity contribution in [3.8, 4) is 0 Å². The van der Waals surface area contributed by atoms with E-state index in [0.717, 1.165) is 7.11 Å². The summed E-state index contributed by atoms with van der Waals surface area (Å²) < 4.78 is 2.30. The lowest BCUT2D eigenvalue weighted by molar-refractivity contribution is 0.399. The van der Waals surface area contributed by atoms with Crippen LogP contribution >= 0.6 is 0 Å². The summed E-state index contributed by atoms with van der Waals surface area (Å²) >= 11 is 0. The van der Waals surface area contributed by atoms with Gasteiger partial charge in [0.25, 0.3) is 0 Å². The van der Waals surface area contributed by atoms with Gasteiger partial charge in [-0.25, -0.2) is 0 Å². The van der Waals surface area contributed by atoms with Gasteiger partial charge in [-0.05, 0) is 49.1 Å². The molecule has 3 heteroatoms. The van der Waals surface area contributed by atoms with Crippen LogP contribution in [0.1, 0.15) is 11.1 Å². The molecule has 0 amide bonds. The van der Waals surface area contributed by atoms with Gasteiger partial charge in [0.15, 0.2) is 0 Å². The minimum atomic E-state index is 1.00. The Hall–Kier alpha value is -2.39. The van der Waals surface area contributed by atoms with Gasteiger partial charge >= 0.3 is 0 Å². The van der Waals surface area contributed by atoms with Crippen LogP contribution in [0, 0.1) is 13.8 Å². The Bertz CT molecular complexity index is 983. The number of aromatic nitrogens is 2. The summed E-state index contributed by atoms with van der Waals surface area (Å²) in [5.41, 5.74) is 5.24. The Balaban J connectivity index is 0.000000693. The van der Waals surface area contributed by atoms with E-state index in [2.05, 4.69) is 60.8 Å². The summed E-state index contributed by atoms with van der Waals surface area (Å²) in [6, 6.07) is 11.0. The first-order valence-corrected chi connectivity index (χ1v) is 7.33. The molecular formula is C19H20N2O. The van der Waals surface area contributed by atoms with Crippen LogP contribution in [-0.2, 0) is 7.05 Å². The van der Waals surface area contributed by atoms with E-state index in [1.807, 2.05) is 12.4 Å². The molecule has 0 saturated heterocycles. The zero-order chi connectivity index (χ0) is 15.9. The van der Waals surface area contributed by atoms with Crippen molar-refractivity contribution in [2.45, 2.75) is 13.8 Å². The Labute approximate surface area is 129 Å². The molecule has 0 aliphatic heterocycles. The Kier molecular flexibility index (Phi) is 3.59. The molecule has 2 aromatic carbocycles. The van der Waals surface area contributed by atoms with Gasteiger partial charge in [0.05, 0.1) is 5.52 Å². The van der Waals surface area contributed by atoms with E-state index in [1.165, 1.54) is 43.7 Å². The fourth-order valence-electron chi connectivity index (χ4n) is 3.33. The third kappa shape index (κ3) is 1.97. The number of aliphatic hydroxyl groups excluding tert-OH is 1. The van der Waals surface area contributed by atoms with E-state index in [1.54, 1.807) is 0 Å². The summed E-state index contributed by atoms with van der Waals surface area (Å²) in [6.45, 7) is 4.35. The van der Waals surface area contributed by atoms with Crippen LogP contribution in [0.5, 0.6) is 0 Å². The second-order valence-electron chi connectivity index (χ2n) is 5.57. The topological polar surface area (TPSA) is 38.1 Å². The normalized spacial score (nSPS) is 11.0. The molecule has 1 N–H and O–H groups in total. The van der Waals surface area contributed by atoms with Crippen molar-refractivity contribution in [2.75, 3.05) is 7.11 Å². The van der Waals surface area contributed by atoms with Crippen molar-refractivity contribution in [1.82, 2.24) is 9.55 Å². The number of benzene rings is 2. The second-order valence-corrected chi connectivity index (χ2v) is 5.57. The van der Waals surface area contributed by atoms with Crippen molar-refractivity contribution < 1.29 is 5.11 Å². The van der Waals surface area contributed by atoms with Crippen LogP contribution in [0.2, 0.25) is 0 Å². The van der Waals surface area contributed by atoms with Gasteiger partial charge in [-0.2, -0.15) is 0 Å². The summed E-state index contributed by atoms with van der Waals surface area (Å²) in [6.07, 6.45) is 3.82. The van der Waals surface area contributed by atoms with E-state index in [0.29, 0.717) is 0 Å². The predicted octanol–water partition coefficient (Wildman–Crippen LogP) is 4.11. The molecule has 0 fully saturated rings. The number of aliphatic hydroxyl groups is 1. The average Bonchev–Trinajstić information content (AvgIpc) is 2.82. The maximum Gasteiger partial charge on any atom is 0.0524 e. The number of pyridine rings is 1. The highest BCUT2D eigenvalue weighted by Gasteiger charge is 2.12. The average molecular weight is 292 g/mol. The first-order chi connectivity index (χ1) is 10.7. The van der Waals surface area contributed by atoms with Crippen molar-refractivity contribution in [1.29, 1.82) is 0 Å². The number of hydrogen-bond donors (Lipinski definition) is 1. The molecule has 0 aliphatic carbocycles. The highest BCUT2D eigenvalue weighted by atomic mass is 16.2. The van der Waals surface area contributed by atoms with Crippen LogP contribution in [0.4, 0.5) is 0 Å². The summed E-state index contributed by atoms with van der Waals surface area (Å²) in [4.78, 5) is 4.26. The number of hydrogen-bond acceptors (Lipinski definition) is 2. The van der Waals surface area contributed by atoms with Gasteiger partial charge in [0.2, 0.25) is 0 Å². The molecule has 0 unspecified atom stereocenters. The lowest BCUT2D eigenvalue weighted by atomic mass is 10.0. The molecule has 0 radical (unpaired) electrons. The SMILES string of the molecule is CO.Cc1ccc2c(c1)c1cc3cnccc3c(C)c1n2C. The van der Waals surface area contributed by atoms with Gasteiger partial charge in [-0.3, -0.25) is 4.98 Å². The Morgan fingerprint density at radius 2 is 1.73 bits per heavy atom. The third-order valence-corrected chi connectivity index (χ3v) is 4.31. The summed E-state index contributed by atoms with van der Waals surface area (Å²) in [7, 11) is 3.15. The quantitative estimate of drug-likeness (QED) is 0.530. The lowest BCUT2D eigenvalue weighted by Crippen LogP contribution is -1.90. The van der Waals surface area contributed by atoms with Crippen molar-refractivity contribution in [3.05, 3.63) is 53.9 Å². The summed E-state index contributed by atoms with van der Waals surface area (Å²) in [5, 5.41) is 12.2. The maximum atomic E-state index is 7.00. The van der Waals surface area contributed by atoms with E-state index in [9.17, 15) is 0 Å². The fourth-order valence-corrected chi connectivity index (χ4v) is 3.33. The minimum Gasteiger partial charge on any atom is -0.400 e. The smallest absolute Gasteiger partial charge is 0.0524 e. The van der Waals surface area contributed by atoms with Crippen LogP contribution in [0.3, 0.4) is 0 Å². The first kappa shape index (κ1) is 14.5. The van der Waals surface area contributed by atoms with Crippen LogP contribution < -0.4 is 0 Å². The monoisotopic (exact) mass is 292 g/mol. The zero-order valence-corrected chi connectivity index (χ0v) is 13.4. The standard InChI is InChI=1S/C18H16N2.CH4O/c1-11-4-5-17-15(8-11)16-9-13-10-19-7-6-14(13)12(2)18(16)20(17)3;1-2/h4-10H,1-3H3;2H,1H3. The van der Waals surface area contributed by atoms with Crippen LogP contribution in [0.25, 0.3) is 32.6 Å². The molecule has 22 heavy (non-hydrogen) atoms. The molecular weight excluding hydrogens is 272 g/mol. The molecule has 0 atom stereocenters. The van der Waals surface area contributed by atoms with Crippen LogP contribution in [0.15, 0.2) is 42.7 Å². The van der Waals surface area contributed by atoms with E-state index in [4.69, 9.17) is 5.11 Å². The third-order valence-electron chi connectivity index (χ3n) is 4.31. The van der Waals surface area contributed by atoms with Gasteiger partial charge in [0, 0.05) is 48.2 Å². The molecule has 4 rings (SSSR count). The number of rotatable bonds is 0. The molecule has 4 aromatic rings. The second kappa shape index (κ2) is 5.43. The largest absolute Gasteiger partial charge is 0.400 e. The van der Waals surface area contributed by atoms with E-state index >= 15 is 0 Å². The highest BCUT2D eigenvalue weighted by Crippen LogP contribution is 2.34. The van der Waals surface area contributed by atoms with Crippen molar-refractivity contribution in [2.24, 2.45) is 7.05 Å². The molecule has 0 spiro atoms. The Morgan fingerprint density at radius 3 is 2.50 bits per heavy atom. The summed E-state index contributed by atoms with van der Waals surface area (Å²) in [5.74, 6) is 0. The van der Waals surface area contributed by atoms with Crippen LogP contribution in [-0.4, -0.2) is 21.8 Å². The van der Waals surface area contributed by atoms with Gasteiger partial charge < -0.3 is 9.67 Å². The fraction of sp³-hybridized carbons (Fsp3) is 0.211. The first-order valence-electron chi connectivity index (χ1n) is 7.33. The highest BCUT2D eigenvalue weighted by molar-refractivity contribution is 6.14. The predicted molar refractivity (Wildman–Crippen MR) is 93.3 cm³/mol. The number of fused-ring (bicyclic) bond motifs is 4. The van der Waals surface area contributed by atoms with Crippen molar-refractivity contribution in [3.63, 3.8) is 0 Å². The Morgan fingerprint density at radius 1 is 0.955 bits per heavy atom. The molecule has 0 bridgehead atoms. The molecule has 112 valence electrons. The van der Waals surface area contributed by atoms with E-state index in [-0.39, 0.29) is 0 Å². The molecule has 0 aliphatic rings. The zero-order valence-electron chi connectivity index (χ0n) is 13.4. The van der Waals surface area contributed by atoms with Gasteiger partial charge in [0.1, 0.15) is 0 Å². The van der Waals surface area contributed by atoms with Gasteiger partial charge in [-0.15, -0.1) is 0 Å². The minimum absolute atomic E-state index is 1.00. The molecule has 3 nitrogen and oxygen atoms in total. The maximum absolute atomic E-state index is 7.00. The van der Waals surface area contributed by atoms with E-state index < -0.39 is 0 Å². The molecule has 2 aromatic heterocycles. The number of aryl methyl sites for hydroxylation is 3. The van der Waals surface area contributed by atoms with Gasteiger partial charge in [-0.1, -0.05) is 11.6 Å². The lowest BCUT2D eigenvalue weighted by Gasteiger charge is -2.06.